The van der Waals surface area contributed by atoms with Crippen LogP contribution in [0.1, 0.15) is 58.3 Å². The van der Waals surface area contributed by atoms with Crippen molar-refractivity contribution in [1.29, 1.82) is 0 Å². The maximum Gasteiger partial charge on any atom is 0.0596 e. The molecule has 3 rings (SSSR count). The number of aliphatic hydroxyl groups is 2. The van der Waals surface area contributed by atoms with Gasteiger partial charge >= 0.3 is 0 Å². The van der Waals surface area contributed by atoms with Gasteiger partial charge in [-0.2, -0.15) is 0 Å². The molecule has 0 aliphatic heterocycles. The van der Waals surface area contributed by atoms with Crippen LogP contribution in [0.2, 0.25) is 0 Å². The van der Waals surface area contributed by atoms with Crippen LogP contribution in [0.25, 0.3) is 0 Å². The van der Waals surface area contributed by atoms with Gasteiger partial charge in [-0.25, -0.2) is 0 Å². The van der Waals surface area contributed by atoms with E-state index in [9.17, 15) is 5.11 Å². The largest absolute Gasteiger partial charge is 0.396 e. The van der Waals surface area contributed by atoms with E-state index >= 15 is 0 Å². The molecule has 18 heavy (non-hydrogen) atoms. The maximum absolute atomic E-state index is 10.3. The van der Waals surface area contributed by atoms with Crippen LogP contribution in [0.4, 0.5) is 0 Å². The Balaban J connectivity index is 1.68. The highest BCUT2D eigenvalue weighted by atomic mass is 16.3. The number of hydrogen-bond acceptors (Lipinski definition) is 2. The summed E-state index contributed by atoms with van der Waals surface area (Å²) >= 11 is 0. The lowest BCUT2D eigenvalue weighted by atomic mass is 9.56. The fraction of sp³-hybridized carbons (Fsp3) is 1.00. The Morgan fingerprint density at radius 1 is 1.06 bits per heavy atom. The number of rotatable bonds is 2. The molecule has 0 aromatic carbocycles. The van der Waals surface area contributed by atoms with Crippen molar-refractivity contribution in [2.75, 3.05) is 6.61 Å². The second-order valence-corrected chi connectivity index (χ2v) is 7.45. The standard InChI is InChI=1S/C16H28O2/c1-16-10-12-3-2-11(6-7-17)8-13(12)9-14(16)4-5-15(16)18/h11-15,17-18H,2-10H2,1H3/t11-,12+,13-,14-,15-,16-/m0/s1. The van der Waals surface area contributed by atoms with Crippen LogP contribution in [0.15, 0.2) is 0 Å². The molecule has 0 unspecified atom stereocenters. The van der Waals surface area contributed by atoms with Gasteiger partial charge in [0.25, 0.3) is 0 Å². The summed E-state index contributed by atoms with van der Waals surface area (Å²) in [5.41, 5.74) is 0.227. The molecule has 0 saturated heterocycles. The van der Waals surface area contributed by atoms with Gasteiger partial charge < -0.3 is 10.2 Å². The lowest BCUT2D eigenvalue weighted by Gasteiger charge is -2.49. The number of hydrogen-bond donors (Lipinski definition) is 2. The molecule has 0 aromatic rings. The third kappa shape index (κ3) is 2.02. The zero-order chi connectivity index (χ0) is 12.8. The number of fused-ring (bicyclic) bond motifs is 2. The molecule has 2 N–H and O–H groups in total. The third-order valence-electron chi connectivity index (χ3n) is 6.56. The second-order valence-electron chi connectivity index (χ2n) is 7.45. The SMILES string of the molecule is C[C@]12C[C@H]3CC[C@@H](CCO)C[C@H]3C[C@@H]1CC[C@@H]2O. The Kier molecular flexibility index (Phi) is 3.44. The molecule has 0 radical (unpaired) electrons. The van der Waals surface area contributed by atoms with Crippen LogP contribution in [0.3, 0.4) is 0 Å². The van der Waals surface area contributed by atoms with Crippen LogP contribution in [-0.4, -0.2) is 22.9 Å². The minimum absolute atomic E-state index is 0.0429. The van der Waals surface area contributed by atoms with Crippen molar-refractivity contribution >= 4 is 0 Å². The fourth-order valence-electron chi connectivity index (χ4n) is 5.34. The molecule has 6 atom stereocenters. The smallest absolute Gasteiger partial charge is 0.0596 e. The van der Waals surface area contributed by atoms with Crippen molar-refractivity contribution in [2.45, 2.75) is 64.4 Å². The quantitative estimate of drug-likeness (QED) is 0.793. The second kappa shape index (κ2) is 4.79. The molecular weight excluding hydrogens is 224 g/mol. The summed E-state index contributed by atoms with van der Waals surface area (Å²) in [5, 5.41) is 19.4. The molecule has 3 aliphatic rings. The van der Waals surface area contributed by atoms with Crippen LogP contribution < -0.4 is 0 Å². The molecule has 104 valence electrons. The topological polar surface area (TPSA) is 40.5 Å². The van der Waals surface area contributed by atoms with E-state index in [0.717, 1.165) is 36.5 Å². The summed E-state index contributed by atoms with van der Waals surface area (Å²) in [6, 6.07) is 0. The van der Waals surface area contributed by atoms with Gasteiger partial charge in [0.2, 0.25) is 0 Å². The number of aliphatic hydroxyl groups excluding tert-OH is 2. The van der Waals surface area contributed by atoms with Crippen molar-refractivity contribution in [3.63, 3.8) is 0 Å². The average molecular weight is 252 g/mol. The highest BCUT2D eigenvalue weighted by molar-refractivity contribution is 5.02. The normalized spacial score (nSPS) is 51.8. The first kappa shape index (κ1) is 12.9. The van der Waals surface area contributed by atoms with Crippen LogP contribution in [-0.2, 0) is 0 Å². The molecule has 0 bridgehead atoms. The molecule has 0 aromatic heterocycles. The first-order valence-electron chi connectivity index (χ1n) is 7.92. The van der Waals surface area contributed by atoms with Crippen molar-refractivity contribution in [3.8, 4) is 0 Å². The van der Waals surface area contributed by atoms with Crippen molar-refractivity contribution in [2.24, 2.45) is 29.1 Å². The van der Waals surface area contributed by atoms with E-state index in [4.69, 9.17) is 5.11 Å². The van der Waals surface area contributed by atoms with Crippen molar-refractivity contribution in [3.05, 3.63) is 0 Å². The first-order valence-corrected chi connectivity index (χ1v) is 7.92. The van der Waals surface area contributed by atoms with E-state index in [1.54, 1.807) is 0 Å². The van der Waals surface area contributed by atoms with Crippen molar-refractivity contribution in [1.82, 2.24) is 0 Å². The summed E-state index contributed by atoms with van der Waals surface area (Å²) in [5.74, 6) is 3.28. The van der Waals surface area contributed by atoms with Crippen LogP contribution in [0, 0.1) is 29.1 Å². The molecule has 2 heteroatoms. The molecule has 0 spiro atoms. The molecule has 2 nitrogen and oxygen atoms in total. The molecule has 3 aliphatic carbocycles. The minimum Gasteiger partial charge on any atom is -0.396 e. The van der Waals surface area contributed by atoms with Gasteiger partial charge in [0.1, 0.15) is 0 Å². The molecule has 3 saturated carbocycles. The van der Waals surface area contributed by atoms with Crippen molar-refractivity contribution < 1.29 is 10.2 Å². The Bertz CT molecular complexity index is 303. The molecule has 3 fully saturated rings. The van der Waals surface area contributed by atoms with E-state index in [1.165, 1.54) is 38.5 Å². The molecular formula is C16H28O2. The van der Waals surface area contributed by atoms with E-state index in [0.29, 0.717) is 6.61 Å². The van der Waals surface area contributed by atoms with E-state index in [1.807, 2.05) is 0 Å². The average Bonchev–Trinajstić information content (AvgIpc) is 2.63. The van der Waals surface area contributed by atoms with Gasteiger partial charge in [-0.1, -0.05) is 13.3 Å². The van der Waals surface area contributed by atoms with E-state index < -0.39 is 0 Å². The van der Waals surface area contributed by atoms with Crippen LogP contribution in [0.5, 0.6) is 0 Å². The summed E-state index contributed by atoms with van der Waals surface area (Å²) in [6.45, 7) is 2.70. The van der Waals surface area contributed by atoms with Gasteiger partial charge in [-0.3, -0.25) is 0 Å². The summed E-state index contributed by atoms with van der Waals surface area (Å²) in [7, 11) is 0. The van der Waals surface area contributed by atoms with Gasteiger partial charge in [0, 0.05) is 6.61 Å². The Labute approximate surface area is 111 Å². The molecule has 0 heterocycles. The predicted molar refractivity (Wildman–Crippen MR) is 72.1 cm³/mol. The Morgan fingerprint density at radius 3 is 2.67 bits per heavy atom. The maximum atomic E-state index is 10.3. The minimum atomic E-state index is -0.0429. The first-order chi connectivity index (χ1) is 8.63. The predicted octanol–water partition coefficient (Wildman–Crippen LogP) is 2.97. The zero-order valence-corrected chi connectivity index (χ0v) is 11.6. The fourth-order valence-corrected chi connectivity index (χ4v) is 5.34. The monoisotopic (exact) mass is 252 g/mol. The molecule has 0 amide bonds. The van der Waals surface area contributed by atoms with Crippen LogP contribution >= 0.6 is 0 Å². The van der Waals surface area contributed by atoms with Gasteiger partial charge in [0.15, 0.2) is 0 Å². The van der Waals surface area contributed by atoms with Gasteiger partial charge in [0.05, 0.1) is 6.10 Å². The summed E-state index contributed by atoms with van der Waals surface area (Å²) < 4.78 is 0. The highest BCUT2D eigenvalue weighted by Crippen LogP contribution is 2.58. The van der Waals surface area contributed by atoms with Gasteiger partial charge in [-0.05, 0) is 74.0 Å². The lowest BCUT2D eigenvalue weighted by molar-refractivity contribution is -0.0452. The summed E-state index contributed by atoms with van der Waals surface area (Å²) in [6.07, 6.45) is 9.82. The highest BCUT2D eigenvalue weighted by Gasteiger charge is 2.52. The van der Waals surface area contributed by atoms with E-state index in [-0.39, 0.29) is 11.5 Å². The van der Waals surface area contributed by atoms with Gasteiger partial charge in [-0.15, -0.1) is 0 Å². The lowest BCUT2D eigenvalue weighted by Crippen LogP contribution is -2.43. The summed E-state index contributed by atoms with van der Waals surface area (Å²) in [4.78, 5) is 0. The Hall–Kier alpha value is -0.0800. The third-order valence-corrected chi connectivity index (χ3v) is 6.56. The van der Waals surface area contributed by atoms with E-state index in [2.05, 4.69) is 6.92 Å². The zero-order valence-electron chi connectivity index (χ0n) is 11.6. The Morgan fingerprint density at radius 2 is 1.89 bits per heavy atom.